The number of likely N-dealkylation sites (tertiary alicyclic amines) is 1. The highest BCUT2D eigenvalue weighted by atomic mass is 16.5. The van der Waals surface area contributed by atoms with Crippen LogP contribution in [0.3, 0.4) is 0 Å². The number of carbonyl (C=O) groups is 4. The van der Waals surface area contributed by atoms with E-state index in [0.717, 1.165) is 11.1 Å². The second-order valence-electron chi connectivity index (χ2n) is 9.36. The molecule has 1 atom stereocenters. The molecule has 1 saturated heterocycles. The Morgan fingerprint density at radius 2 is 1.92 bits per heavy atom. The van der Waals surface area contributed by atoms with Gasteiger partial charge in [-0.05, 0) is 63.4 Å². The number of Topliss-reactive ketones (excluding diaryl/α,β-unsaturated/α-hetero) is 1. The fraction of sp³-hybridized carbons (Fsp3) is 0.429. The second-order valence-corrected chi connectivity index (χ2v) is 9.36. The molecule has 9 heteroatoms. The van der Waals surface area contributed by atoms with Crippen LogP contribution in [0.15, 0.2) is 36.4 Å². The molecule has 0 aromatic heterocycles. The summed E-state index contributed by atoms with van der Waals surface area (Å²) < 4.78 is 16.4. The van der Waals surface area contributed by atoms with Crippen LogP contribution in [-0.2, 0) is 19.1 Å². The number of piperidine rings is 1. The predicted octanol–water partition coefficient (Wildman–Crippen LogP) is 3.09. The van der Waals surface area contributed by atoms with Crippen molar-refractivity contribution < 1.29 is 33.4 Å². The summed E-state index contributed by atoms with van der Waals surface area (Å²) in [5, 5.41) is 0. The molecule has 0 aliphatic carbocycles. The van der Waals surface area contributed by atoms with E-state index in [1.165, 1.54) is 4.90 Å². The Balaban J connectivity index is 1.46. The molecule has 0 radical (unpaired) electrons. The molecule has 2 aliphatic heterocycles. The van der Waals surface area contributed by atoms with Gasteiger partial charge in [-0.2, -0.15) is 0 Å². The molecule has 0 bridgehead atoms. The van der Waals surface area contributed by atoms with Crippen molar-refractivity contribution in [2.45, 2.75) is 33.6 Å². The molecule has 4 rings (SSSR count). The van der Waals surface area contributed by atoms with E-state index < -0.39 is 0 Å². The van der Waals surface area contributed by atoms with E-state index >= 15 is 0 Å². The van der Waals surface area contributed by atoms with Gasteiger partial charge in [-0.3, -0.25) is 24.1 Å². The van der Waals surface area contributed by atoms with Crippen LogP contribution >= 0.6 is 0 Å². The summed E-state index contributed by atoms with van der Waals surface area (Å²) in [6.07, 6.45) is 1.35. The van der Waals surface area contributed by atoms with Gasteiger partial charge in [0.2, 0.25) is 5.91 Å². The molecule has 2 heterocycles. The minimum absolute atomic E-state index is 0.167. The first-order valence-electron chi connectivity index (χ1n) is 12.5. The van der Waals surface area contributed by atoms with E-state index in [1.54, 1.807) is 30.0 Å². The van der Waals surface area contributed by atoms with Crippen molar-refractivity contribution in [2.24, 2.45) is 5.92 Å². The lowest BCUT2D eigenvalue weighted by atomic mass is 9.98. The molecule has 0 saturated carbocycles. The maximum Gasteiger partial charge on any atom is 0.310 e. The number of ether oxygens (including phenoxy) is 3. The number of nitrogens with zero attached hydrogens (tertiary/aromatic N) is 2. The topological polar surface area (TPSA) is 102 Å². The molecule has 0 N–H and O–H groups in total. The largest absolute Gasteiger partial charge is 0.485 e. The summed E-state index contributed by atoms with van der Waals surface area (Å²) in [5.41, 5.74) is 2.75. The maximum atomic E-state index is 13.1. The molecule has 196 valence electrons. The minimum Gasteiger partial charge on any atom is -0.485 e. The van der Waals surface area contributed by atoms with Crippen LogP contribution in [-0.4, -0.2) is 67.9 Å². The number of ketones is 1. The molecule has 2 aliphatic rings. The van der Waals surface area contributed by atoms with Crippen LogP contribution in [0, 0.1) is 19.8 Å². The average molecular weight is 509 g/mol. The van der Waals surface area contributed by atoms with Crippen LogP contribution in [0.5, 0.6) is 11.5 Å². The standard InChI is InChI=1S/C28H32N2O7/c1-4-35-28(34)21-6-5-11-29(14-21)26(32)15-30-22-13-20(8-10-25(22)37-17-27(30)33)23(31)16-36-24-9-7-18(2)12-19(24)3/h7-10,12-13,21H,4-6,11,14-17H2,1-3H3/t21-/m0/s1. The van der Waals surface area contributed by atoms with E-state index in [1.807, 2.05) is 32.0 Å². The number of carbonyl (C=O) groups excluding carboxylic acids is 4. The van der Waals surface area contributed by atoms with Crippen LogP contribution < -0.4 is 14.4 Å². The zero-order valence-electron chi connectivity index (χ0n) is 21.5. The molecule has 2 aromatic rings. The number of rotatable bonds is 8. The smallest absolute Gasteiger partial charge is 0.310 e. The van der Waals surface area contributed by atoms with Gasteiger partial charge in [0.15, 0.2) is 19.0 Å². The lowest BCUT2D eigenvalue weighted by molar-refractivity contribution is -0.151. The first-order valence-corrected chi connectivity index (χ1v) is 12.5. The molecule has 0 unspecified atom stereocenters. The van der Waals surface area contributed by atoms with E-state index in [0.29, 0.717) is 48.7 Å². The van der Waals surface area contributed by atoms with Crippen molar-refractivity contribution in [2.75, 3.05) is 44.4 Å². The molecule has 9 nitrogen and oxygen atoms in total. The van der Waals surface area contributed by atoms with Crippen molar-refractivity contribution in [3.63, 3.8) is 0 Å². The summed E-state index contributed by atoms with van der Waals surface area (Å²) in [4.78, 5) is 53.9. The molecular formula is C28H32N2O7. The highest BCUT2D eigenvalue weighted by Gasteiger charge is 2.33. The van der Waals surface area contributed by atoms with Gasteiger partial charge in [0.05, 0.1) is 18.2 Å². The van der Waals surface area contributed by atoms with Crippen molar-refractivity contribution >= 4 is 29.3 Å². The first kappa shape index (κ1) is 26.2. The zero-order valence-corrected chi connectivity index (χ0v) is 21.5. The summed E-state index contributed by atoms with van der Waals surface area (Å²) in [6.45, 7) is 6.14. The predicted molar refractivity (Wildman–Crippen MR) is 136 cm³/mol. The summed E-state index contributed by atoms with van der Waals surface area (Å²) in [5.74, 6) is -0.542. The zero-order chi connectivity index (χ0) is 26.5. The Morgan fingerprint density at radius 3 is 2.68 bits per heavy atom. The Morgan fingerprint density at radius 1 is 1.11 bits per heavy atom. The Bertz CT molecular complexity index is 1210. The second kappa shape index (κ2) is 11.5. The first-order chi connectivity index (χ1) is 17.8. The third kappa shape index (κ3) is 6.10. The number of anilines is 1. The number of fused-ring (bicyclic) bond motifs is 1. The van der Waals surface area contributed by atoms with Crippen molar-refractivity contribution in [1.29, 1.82) is 0 Å². The van der Waals surface area contributed by atoms with Gasteiger partial charge in [0.1, 0.15) is 18.0 Å². The molecule has 0 spiro atoms. The Labute approximate surface area is 216 Å². The van der Waals surface area contributed by atoms with E-state index in [-0.39, 0.29) is 55.8 Å². The molecule has 2 aromatic carbocycles. The third-order valence-corrected chi connectivity index (χ3v) is 6.60. The van der Waals surface area contributed by atoms with Crippen LogP contribution in [0.25, 0.3) is 0 Å². The van der Waals surface area contributed by atoms with Gasteiger partial charge in [-0.25, -0.2) is 0 Å². The quantitative estimate of drug-likeness (QED) is 0.399. The van der Waals surface area contributed by atoms with Crippen molar-refractivity contribution in [3.05, 3.63) is 53.1 Å². The van der Waals surface area contributed by atoms with Crippen molar-refractivity contribution in [3.8, 4) is 11.5 Å². The van der Waals surface area contributed by atoms with Gasteiger partial charge in [-0.15, -0.1) is 0 Å². The number of hydrogen-bond donors (Lipinski definition) is 0. The lowest BCUT2D eigenvalue weighted by Gasteiger charge is -2.34. The van der Waals surface area contributed by atoms with Gasteiger partial charge in [0.25, 0.3) is 5.91 Å². The monoisotopic (exact) mass is 508 g/mol. The molecule has 2 amide bonds. The lowest BCUT2D eigenvalue weighted by Crippen LogP contribution is -2.49. The molecular weight excluding hydrogens is 476 g/mol. The summed E-state index contributed by atoms with van der Waals surface area (Å²) in [6, 6.07) is 10.5. The van der Waals surface area contributed by atoms with E-state index in [9.17, 15) is 19.2 Å². The highest BCUT2D eigenvalue weighted by Crippen LogP contribution is 2.33. The van der Waals surface area contributed by atoms with E-state index in [4.69, 9.17) is 14.2 Å². The fourth-order valence-electron chi connectivity index (χ4n) is 4.63. The van der Waals surface area contributed by atoms with Gasteiger partial charge in [-0.1, -0.05) is 17.7 Å². The maximum absolute atomic E-state index is 13.1. The number of amides is 2. The number of aryl methyl sites for hydroxylation is 2. The number of hydrogen-bond acceptors (Lipinski definition) is 7. The van der Waals surface area contributed by atoms with E-state index in [2.05, 4.69) is 0 Å². The van der Waals surface area contributed by atoms with Gasteiger partial charge >= 0.3 is 5.97 Å². The van der Waals surface area contributed by atoms with Crippen LogP contribution in [0.4, 0.5) is 5.69 Å². The normalized spacial score (nSPS) is 17.1. The number of benzene rings is 2. The Hall–Kier alpha value is -3.88. The summed E-state index contributed by atoms with van der Waals surface area (Å²) >= 11 is 0. The SMILES string of the molecule is CCOC(=O)[C@H]1CCCN(C(=O)CN2C(=O)COc3ccc(C(=O)COc4ccc(C)cc4C)cc32)C1. The van der Waals surface area contributed by atoms with Gasteiger partial charge < -0.3 is 19.1 Å². The van der Waals surface area contributed by atoms with Crippen molar-refractivity contribution in [1.82, 2.24) is 4.90 Å². The van der Waals surface area contributed by atoms with Crippen LogP contribution in [0.1, 0.15) is 41.3 Å². The van der Waals surface area contributed by atoms with Crippen LogP contribution in [0.2, 0.25) is 0 Å². The minimum atomic E-state index is -0.379. The molecule has 37 heavy (non-hydrogen) atoms. The average Bonchev–Trinajstić information content (AvgIpc) is 2.89. The third-order valence-electron chi connectivity index (χ3n) is 6.60. The molecule has 1 fully saturated rings. The van der Waals surface area contributed by atoms with Gasteiger partial charge in [0, 0.05) is 18.7 Å². The fourth-order valence-corrected chi connectivity index (χ4v) is 4.63. The Kier molecular flexibility index (Phi) is 8.11. The number of esters is 1. The summed E-state index contributed by atoms with van der Waals surface area (Å²) in [7, 11) is 0. The highest BCUT2D eigenvalue weighted by molar-refractivity contribution is 6.04.